The van der Waals surface area contributed by atoms with Crippen LogP contribution in [0.3, 0.4) is 0 Å². The van der Waals surface area contributed by atoms with Gasteiger partial charge >= 0.3 is 0 Å². The summed E-state index contributed by atoms with van der Waals surface area (Å²) in [6, 6.07) is 7.07. The predicted octanol–water partition coefficient (Wildman–Crippen LogP) is 1.42. The molecule has 132 valence electrons. The van der Waals surface area contributed by atoms with E-state index in [9.17, 15) is 14.4 Å². The van der Waals surface area contributed by atoms with Crippen molar-refractivity contribution in [1.29, 1.82) is 0 Å². The molecule has 2 amide bonds. The van der Waals surface area contributed by atoms with E-state index in [0.29, 0.717) is 30.5 Å². The normalized spacial score (nSPS) is 14.1. The Hall–Kier alpha value is -2.55. The number of thioether (sulfide) groups is 1. The first kappa shape index (κ1) is 17.3. The highest BCUT2D eigenvalue weighted by Gasteiger charge is 2.21. The molecule has 0 saturated carbocycles. The molecule has 1 fully saturated rings. The van der Waals surface area contributed by atoms with E-state index in [1.165, 1.54) is 16.3 Å². The first-order valence-corrected chi connectivity index (χ1v) is 9.05. The van der Waals surface area contributed by atoms with Gasteiger partial charge in [-0.3, -0.25) is 29.8 Å². The number of hydrazine groups is 1. The van der Waals surface area contributed by atoms with E-state index in [1.54, 1.807) is 29.2 Å². The fraction of sp³-hybridized carbons (Fsp3) is 0.375. The van der Waals surface area contributed by atoms with Crippen LogP contribution in [-0.2, 0) is 11.3 Å². The van der Waals surface area contributed by atoms with E-state index in [2.05, 4.69) is 15.8 Å². The van der Waals surface area contributed by atoms with E-state index >= 15 is 0 Å². The van der Waals surface area contributed by atoms with Gasteiger partial charge in [0.25, 0.3) is 10.8 Å². The van der Waals surface area contributed by atoms with E-state index in [1.807, 2.05) is 6.92 Å². The van der Waals surface area contributed by atoms with Crippen molar-refractivity contribution in [2.45, 2.75) is 19.9 Å². The lowest BCUT2D eigenvalue weighted by molar-refractivity contribution is -0.120. The average Bonchev–Trinajstić information content (AvgIpc) is 3.03. The minimum atomic E-state index is -0.269. The van der Waals surface area contributed by atoms with Crippen molar-refractivity contribution in [2.24, 2.45) is 0 Å². The van der Waals surface area contributed by atoms with Crippen LogP contribution in [0, 0.1) is 0 Å². The lowest BCUT2D eigenvalue weighted by atomic mass is 10.2. The molecule has 0 aliphatic carbocycles. The Bertz CT molecular complexity index is 866. The van der Waals surface area contributed by atoms with Crippen molar-refractivity contribution in [1.82, 2.24) is 19.9 Å². The Kier molecular flexibility index (Phi) is 5.22. The van der Waals surface area contributed by atoms with Gasteiger partial charge in [0, 0.05) is 31.8 Å². The maximum Gasteiger partial charge on any atom is 0.281 e. The monoisotopic (exact) mass is 361 g/mol. The summed E-state index contributed by atoms with van der Waals surface area (Å²) in [4.78, 5) is 42.0. The molecule has 2 aromatic rings. The Morgan fingerprint density at radius 1 is 1.32 bits per heavy atom. The Morgan fingerprint density at radius 2 is 2.12 bits per heavy atom. The molecule has 1 aromatic heterocycles. The van der Waals surface area contributed by atoms with Crippen molar-refractivity contribution in [3.05, 3.63) is 34.6 Å². The van der Waals surface area contributed by atoms with Gasteiger partial charge in [-0.25, -0.2) is 4.98 Å². The number of anilines is 1. The van der Waals surface area contributed by atoms with Crippen LogP contribution in [0.2, 0.25) is 0 Å². The standard InChI is InChI=1S/C16H19N5O3S/c1-2-21-14(23)11-5-3-4-6-12(11)17-15(21)19-18-13(22)7-8-20-9-10-25-16(20)24/h3-6H,2,7-10H2,1H3,(H,17,19)(H,18,22). The zero-order valence-corrected chi connectivity index (χ0v) is 14.6. The predicted molar refractivity (Wildman–Crippen MR) is 97.5 cm³/mol. The summed E-state index contributed by atoms with van der Waals surface area (Å²) in [5.74, 6) is 0.782. The van der Waals surface area contributed by atoms with Crippen LogP contribution < -0.4 is 16.4 Å². The minimum Gasteiger partial charge on any atom is -0.332 e. The number of benzene rings is 1. The summed E-state index contributed by atoms with van der Waals surface area (Å²) in [6.07, 6.45) is 0.184. The van der Waals surface area contributed by atoms with Gasteiger partial charge in [-0.15, -0.1) is 0 Å². The molecule has 9 heteroatoms. The van der Waals surface area contributed by atoms with Gasteiger partial charge in [0.05, 0.1) is 10.9 Å². The fourth-order valence-corrected chi connectivity index (χ4v) is 3.46. The maximum atomic E-state index is 12.5. The molecule has 8 nitrogen and oxygen atoms in total. The summed E-state index contributed by atoms with van der Waals surface area (Å²) in [6.45, 7) is 3.31. The topological polar surface area (TPSA) is 96.3 Å². The van der Waals surface area contributed by atoms with Crippen molar-refractivity contribution in [3.8, 4) is 0 Å². The molecule has 1 aliphatic heterocycles. The van der Waals surface area contributed by atoms with Crippen molar-refractivity contribution in [3.63, 3.8) is 0 Å². The van der Waals surface area contributed by atoms with Gasteiger partial charge in [-0.05, 0) is 19.1 Å². The van der Waals surface area contributed by atoms with Crippen molar-refractivity contribution in [2.75, 3.05) is 24.3 Å². The summed E-state index contributed by atoms with van der Waals surface area (Å²) in [5, 5.41) is 0.544. The lowest BCUT2D eigenvalue weighted by Crippen LogP contribution is -2.36. The summed E-state index contributed by atoms with van der Waals surface area (Å²) < 4.78 is 1.46. The zero-order valence-electron chi connectivity index (χ0n) is 13.8. The number of aromatic nitrogens is 2. The summed E-state index contributed by atoms with van der Waals surface area (Å²) in [5.41, 5.74) is 5.68. The number of rotatable bonds is 6. The second kappa shape index (κ2) is 7.56. The molecular formula is C16H19N5O3S. The van der Waals surface area contributed by atoms with Crippen LogP contribution in [0.15, 0.2) is 29.1 Å². The highest BCUT2D eigenvalue weighted by atomic mass is 32.2. The van der Waals surface area contributed by atoms with Crippen molar-refractivity contribution >= 4 is 39.8 Å². The van der Waals surface area contributed by atoms with E-state index in [-0.39, 0.29) is 29.1 Å². The molecule has 2 heterocycles. The maximum absolute atomic E-state index is 12.5. The molecule has 0 unspecified atom stereocenters. The quantitative estimate of drug-likeness (QED) is 0.756. The second-order valence-electron chi connectivity index (χ2n) is 5.53. The first-order valence-electron chi connectivity index (χ1n) is 8.06. The molecule has 3 rings (SSSR count). The highest BCUT2D eigenvalue weighted by Crippen LogP contribution is 2.17. The van der Waals surface area contributed by atoms with Gasteiger partial charge in [-0.2, -0.15) is 0 Å². The van der Waals surface area contributed by atoms with Crippen molar-refractivity contribution < 1.29 is 9.59 Å². The molecule has 1 aliphatic rings. The second-order valence-corrected chi connectivity index (χ2v) is 6.57. The fourth-order valence-electron chi connectivity index (χ4n) is 2.61. The number of nitrogens with one attached hydrogen (secondary N) is 2. The van der Waals surface area contributed by atoms with Crippen LogP contribution in [0.4, 0.5) is 10.7 Å². The molecule has 2 N–H and O–H groups in total. The van der Waals surface area contributed by atoms with E-state index < -0.39 is 0 Å². The van der Waals surface area contributed by atoms with Crippen LogP contribution in [0.1, 0.15) is 13.3 Å². The SMILES string of the molecule is CCn1c(NNC(=O)CCN2CCSC2=O)nc2ccccc2c1=O. The largest absolute Gasteiger partial charge is 0.332 e. The third-order valence-corrected chi connectivity index (χ3v) is 4.84. The molecule has 1 saturated heterocycles. The first-order chi connectivity index (χ1) is 12.1. The third kappa shape index (κ3) is 3.76. The van der Waals surface area contributed by atoms with Gasteiger partial charge in [0.1, 0.15) is 0 Å². The average molecular weight is 361 g/mol. The van der Waals surface area contributed by atoms with Gasteiger partial charge in [-0.1, -0.05) is 23.9 Å². The number of carbonyl (C=O) groups is 2. The number of hydrogen-bond donors (Lipinski definition) is 2. The third-order valence-electron chi connectivity index (χ3n) is 3.95. The van der Waals surface area contributed by atoms with E-state index in [0.717, 1.165) is 5.75 Å². The minimum absolute atomic E-state index is 0.0109. The van der Waals surface area contributed by atoms with Crippen LogP contribution in [-0.4, -0.2) is 44.4 Å². The van der Waals surface area contributed by atoms with Gasteiger partial charge < -0.3 is 4.90 Å². The van der Waals surface area contributed by atoms with Crippen LogP contribution in [0.25, 0.3) is 10.9 Å². The number of nitrogens with zero attached hydrogens (tertiary/aromatic N) is 3. The molecule has 0 spiro atoms. The number of hydrogen-bond acceptors (Lipinski definition) is 6. The van der Waals surface area contributed by atoms with E-state index in [4.69, 9.17) is 0 Å². The molecule has 25 heavy (non-hydrogen) atoms. The van der Waals surface area contributed by atoms with Crippen LogP contribution in [0.5, 0.6) is 0 Å². The Balaban J connectivity index is 1.67. The molecule has 0 bridgehead atoms. The number of amides is 2. The highest BCUT2D eigenvalue weighted by molar-refractivity contribution is 8.13. The van der Waals surface area contributed by atoms with Gasteiger partial charge in [0.2, 0.25) is 11.9 Å². The number of para-hydroxylation sites is 1. The molecule has 0 atom stereocenters. The molecular weight excluding hydrogens is 342 g/mol. The Morgan fingerprint density at radius 3 is 2.84 bits per heavy atom. The summed E-state index contributed by atoms with van der Waals surface area (Å²) in [7, 11) is 0. The summed E-state index contributed by atoms with van der Waals surface area (Å²) >= 11 is 1.27. The van der Waals surface area contributed by atoms with Gasteiger partial charge in [0.15, 0.2) is 0 Å². The number of fused-ring (bicyclic) bond motifs is 1. The number of carbonyl (C=O) groups excluding carboxylic acids is 2. The smallest absolute Gasteiger partial charge is 0.281 e. The Labute approximate surface area is 148 Å². The van der Waals surface area contributed by atoms with Crippen LogP contribution >= 0.6 is 11.8 Å². The molecule has 0 radical (unpaired) electrons. The molecule has 1 aromatic carbocycles. The zero-order chi connectivity index (χ0) is 17.8. The lowest BCUT2D eigenvalue weighted by Gasteiger charge is -2.16.